The molecule has 0 amide bonds. The highest BCUT2D eigenvalue weighted by Crippen LogP contribution is 2.33. The Kier molecular flexibility index (Phi) is 8.11. The summed E-state index contributed by atoms with van der Waals surface area (Å²) >= 11 is 0. The minimum atomic E-state index is -2.80. The molecule has 1 aliphatic rings. The number of alkyl halides is 2. The van der Waals surface area contributed by atoms with Gasteiger partial charge in [-0.3, -0.25) is 0 Å². The molecule has 0 radical (unpaired) electrons. The number of benzene rings is 2. The van der Waals surface area contributed by atoms with Gasteiger partial charge in [0.1, 0.15) is 5.75 Å². The van der Waals surface area contributed by atoms with Crippen LogP contribution in [0.3, 0.4) is 0 Å². The Morgan fingerprint density at radius 1 is 0.828 bits per heavy atom. The van der Waals surface area contributed by atoms with E-state index in [1.54, 1.807) is 12.1 Å². The second kappa shape index (κ2) is 11.0. The zero-order chi connectivity index (χ0) is 20.5. The smallest absolute Gasteiger partial charge is 0.387 e. The molecule has 3 rings (SSSR count). The largest absolute Gasteiger partial charge is 0.435 e. The normalized spacial score (nSPS) is 18.9. The maximum Gasteiger partial charge on any atom is 0.387 e. The van der Waals surface area contributed by atoms with Crippen molar-refractivity contribution in [1.82, 2.24) is 0 Å². The SMILES string of the molecule is CCC[C@H]1CC[C@H](CCc2ccc(C#Cc3ccc(OC(F)F)cc3)cc2)CC1. The Morgan fingerprint density at radius 2 is 1.34 bits per heavy atom. The van der Waals surface area contributed by atoms with E-state index in [0.29, 0.717) is 0 Å². The second-order valence-corrected chi connectivity index (χ2v) is 8.06. The zero-order valence-corrected chi connectivity index (χ0v) is 17.2. The van der Waals surface area contributed by atoms with Crippen molar-refractivity contribution in [3.63, 3.8) is 0 Å². The summed E-state index contributed by atoms with van der Waals surface area (Å²) in [7, 11) is 0. The summed E-state index contributed by atoms with van der Waals surface area (Å²) < 4.78 is 28.7. The van der Waals surface area contributed by atoms with Crippen LogP contribution in [0.25, 0.3) is 0 Å². The molecule has 0 spiro atoms. The van der Waals surface area contributed by atoms with Gasteiger partial charge in [0.2, 0.25) is 0 Å². The summed E-state index contributed by atoms with van der Waals surface area (Å²) in [5, 5.41) is 0. The summed E-state index contributed by atoms with van der Waals surface area (Å²) in [5.74, 6) is 8.21. The molecule has 3 heteroatoms. The Morgan fingerprint density at radius 3 is 1.86 bits per heavy atom. The summed E-state index contributed by atoms with van der Waals surface area (Å²) in [6.45, 7) is -0.511. The van der Waals surface area contributed by atoms with Crippen LogP contribution in [0.4, 0.5) is 8.78 Å². The monoisotopic (exact) mass is 396 g/mol. The molecular formula is C26H30F2O. The van der Waals surface area contributed by atoms with Gasteiger partial charge >= 0.3 is 6.61 Å². The Labute approximate surface area is 173 Å². The van der Waals surface area contributed by atoms with Crippen molar-refractivity contribution >= 4 is 0 Å². The van der Waals surface area contributed by atoms with Gasteiger partial charge in [-0.2, -0.15) is 8.78 Å². The number of rotatable bonds is 7. The van der Waals surface area contributed by atoms with Gasteiger partial charge in [0, 0.05) is 11.1 Å². The molecule has 0 unspecified atom stereocenters. The molecule has 0 aromatic heterocycles. The lowest BCUT2D eigenvalue weighted by Crippen LogP contribution is -2.15. The molecule has 0 bridgehead atoms. The van der Waals surface area contributed by atoms with Crippen LogP contribution in [0.1, 0.15) is 68.6 Å². The minimum absolute atomic E-state index is 0.147. The van der Waals surface area contributed by atoms with Crippen molar-refractivity contribution in [1.29, 1.82) is 0 Å². The fraction of sp³-hybridized carbons (Fsp3) is 0.462. The number of hydrogen-bond donors (Lipinski definition) is 0. The highest BCUT2D eigenvalue weighted by molar-refractivity contribution is 5.44. The predicted molar refractivity (Wildman–Crippen MR) is 114 cm³/mol. The van der Waals surface area contributed by atoms with Crippen LogP contribution in [0.2, 0.25) is 0 Å². The van der Waals surface area contributed by atoms with E-state index in [1.807, 2.05) is 0 Å². The van der Waals surface area contributed by atoms with E-state index in [2.05, 4.69) is 47.8 Å². The molecular weight excluding hydrogens is 366 g/mol. The Bertz CT molecular complexity index is 791. The first-order valence-corrected chi connectivity index (χ1v) is 10.8. The summed E-state index contributed by atoms with van der Waals surface area (Å²) in [6, 6.07) is 14.9. The molecule has 0 saturated heterocycles. The van der Waals surface area contributed by atoms with Gasteiger partial charge in [0.05, 0.1) is 0 Å². The van der Waals surface area contributed by atoms with Gasteiger partial charge in [-0.05, 0) is 66.6 Å². The molecule has 1 saturated carbocycles. The highest BCUT2D eigenvalue weighted by atomic mass is 19.3. The first-order valence-electron chi connectivity index (χ1n) is 10.8. The molecule has 1 nitrogen and oxygen atoms in total. The van der Waals surface area contributed by atoms with Gasteiger partial charge < -0.3 is 4.74 Å². The molecule has 2 aromatic carbocycles. The van der Waals surface area contributed by atoms with Gasteiger partial charge in [-0.25, -0.2) is 0 Å². The molecule has 29 heavy (non-hydrogen) atoms. The van der Waals surface area contributed by atoms with Gasteiger partial charge in [-0.1, -0.05) is 69.4 Å². The lowest BCUT2D eigenvalue weighted by molar-refractivity contribution is -0.0498. The number of halogens is 2. The van der Waals surface area contributed by atoms with Crippen molar-refractivity contribution in [2.24, 2.45) is 11.8 Å². The molecule has 0 heterocycles. The van der Waals surface area contributed by atoms with Gasteiger partial charge in [0.15, 0.2) is 0 Å². The molecule has 0 aliphatic heterocycles. The third kappa shape index (κ3) is 7.20. The molecule has 0 atom stereocenters. The molecule has 1 fully saturated rings. The summed E-state index contributed by atoms with van der Waals surface area (Å²) in [5.41, 5.74) is 3.11. The standard InChI is InChI=1S/C26H30F2O/c1-2-3-20-4-6-21(7-5-20)8-9-22-10-12-23(13-11-22)14-15-24-16-18-25(19-17-24)29-26(27)28/h10-13,16-21,26H,2-9H2,1H3/t20-,21-. The van der Waals surface area contributed by atoms with Crippen LogP contribution in [-0.2, 0) is 6.42 Å². The number of aryl methyl sites for hydroxylation is 1. The Hall–Kier alpha value is -2.34. The van der Waals surface area contributed by atoms with Crippen LogP contribution in [0.5, 0.6) is 5.75 Å². The van der Waals surface area contributed by atoms with Crippen LogP contribution in [-0.4, -0.2) is 6.61 Å². The van der Waals surface area contributed by atoms with E-state index >= 15 is 0 Å². The first-order chi connectivity index (χ1) is 14.1. The quantitative estimate of drug-likeness (QED) is 0.449. The van der Waals surface area contributed by atoms with E-state index in [4.69, 9.17) is 0 Å². The van der Waals surface area contributed by atoms with E-state index in [1.165, 1.54) is 62.6 Å². The van der Waals surface area contributed by atoms with Crippen LogP contribution in [0.15, 0.2) is 48.5 Å². The van der Waals surface area contributed by atoms with Crippen LogP contribution < -0.4 is 4.74 Å². The van der Waals surface area contributed by atoms with E-state index in [-0.39, 0.29) is 5.75 Å². The highest BCUT2D eigenvalue weighted by Gasteiger charge is 2.20. The van der Waals surface area contributed by atoms with E-state index in [9.17, 15) is 8.78 Å². The maximum atomic E-state index is 12.2. The fourth-order valence-corrected chi connectivity index (χ4v) is 4.21. The number of hydrogen-bond acceptors (Lipinski definition) is 1. The van der Waals surface area contributed by atoms with Gasteiger partial charge in [-0.15, -0.1) is 0 Å². The van der Waals surface area contributed by atoms with Crippen molar-refractivity contribution in [3.8, 4) is 17.6 Å². The first kappa shape index (κ1) is 21.4. The summed E-state index contributed by atoms with van der Waals surface area (Å²) in [6.07, 6.45) is 10.8. The molecule has 1 aliphatic carbocycles. The maximum absolute atomic E-state index is 12.2. The molecule has 0 N–H and O–H groups in total. The average molecular weight is 397 g/mol. The predicted octanol–water partition coefficient (Wildman–Crippen LogP) is 7.23. The Balaban J connectivity index is 1.46. The van der Waals surface area contributed by atoms with Crippen molar-refractivity contribution < 1.29 is 13.5 Å². The van der Waals surface area contributed by atoms with Crippen LogP contribution in [0, 0.1) is 23.7 Å². The number of ether oxygens (including phenoxy) is 1. The van der Waals surface area contributed by atoms with Crippen molar-refractivity contribution in [2.75, 3.05) is 0 Å². The van der Waals surface area contributed by atoms with Crippen molar-refractivity contribution in [2.45, 2.75) is 64.9 Å². The van der Waals surface area contributed by atoms with E-state index < -0.39 is 6.61 Å². The topological polar surface area (TPSA) is 9.23 Å². The van der Waals surface area contributed by atoms with E-state index in [0.717, 1.165) is 29.4 Å². The second-order valence-electron chi connectivity index (χ2n) is 8.06. The minimum Gasteiger partial charge on any atom is -0.435 e. The average Bonchev–Trinajstić information content (AvgIpc) is 2.73. The summed E-state index contributed by atoms with van der Waals surface area (Å²) in [4.78, 5) is 0. The van der Waals surface area contributed by atoms with Crippen LogP contribution >= 0.6 is 0 Å². The fourth-order valence-electron chi connectivity index (χ4n) is 4.21. The lowest BCUT2D eigenvalue weighted by Gasteiger charge is -2.28. The molecule has 2 aromatic rings. The van der Waals surface area contributed by atoms with Gasteiger partial charge in [0.25, 0.3) is 0 Å². The third-order valence-electron chi connectivity index (χ3n) is 5.89. The van der Waals surface area contributed by atoms with Crippen molar-refractivity contribution in [3.05, 3.63) is 65.2 Å². The lowest BCUT2D eigenvalue weighted by atomic mass is 9.78. The third-order valence-corrected chi connectivity index (χ3v) is 5.89. The zero-order valence-electron chi connectivity index (χ0n) is 17.2. The molecule has 154 valence electrons.